The summed E-state index contributed by atoms with van der Waals surface area (Å²) in [5.74, 6) is 0.368. The second-order valence-electron chi connectivity index (χ2n) is 5.80. The number of amides is 1. The van der Waals surface area contributed by atoms with E-state index in [4.69, 9.17) is 11.6 Å². The maximum atomic E-state index is 12.2. The van der Waals surface area contributed by atoms with Crippen LogP contribution in [-0.4, -0.2) is 28.6 Å². The molecule has 1 saturated carbocycles. The number of nitrogens with zero attached hydrogens (tertiary/aromatic N) is 1. The number of carbonyl (C=O) groups excluding carboxylic acids is 1. The van der Waals surface area contributed by atoms with Crippen molar-refractivity contribution in [3.05, 3.63) is 28.5 Å². The van der Waals surface area contributed by atoms with Crippen molar-refractivity contribution in [1.29, 1.82) is 0 Å². The van der Waals surface area contributed by atoms with Crippen LogP contribution in [0.4, 0.5) is 0 Å². The molecule has 5 heteroatoms. The lowest BCUT2D eigenvalue weighted by atomic mass is 9.87. The van der Waals surface area contributed by atoms with Gasteiger partial charge in [0.25, 0.3) is 5.91 Å². The minimum absolute atomic E-state index is 0.0947. The van der Waals surface area contributed by atoms with E-state index < -0.39 is 0 Å². The van der Waals surface area contributed by atoms with Crippen LogP contribution in [0.15, 0.2) is 12.1 Å². The molecule has 0 aromatic carbocycles. The Labute approximate surface area is 130 Å². The van der Waals surface area contributed by atoms with Crippen LogP contribution in [0.2, 0.25) is 5.15 Å². The van der Waals surface area contributed by atoms with Crippen LogP contribution in [0.3, 0.4) is 0 Å². The number of carbonyl (C=O) groups is 1. The third kappa shape index (κ3) is 4.97. The average molecular weight is 311 g/mol. The summed E-state index contributed by atoms with van der Waals surface area (Å²) in [5, 5.41) is 12.8. The molecule has 0 unspecified atom stereocenters. The standard InChI is InChI=1S/C16H23ClN2O2/c1-2-3-13-8-12(9-15(17)19-13)16(21)18-10-11-4-6-14(20)7-5-11/h8-9,11,14,20H,2-7,10H2,1H3,(H,18,21). The van der Waals surface area contributed by atoms with Gasteiger partial charge in [-0.15, -0.1) is 0 Å². The molecule has 0 aliphatic heterocycles. The fourth-order valence-electron chi connectivity index (χ4n) is 2.75. The first kappa shape index (κ1) is 16.2. The van der Waals surface area contributed by atoms with Gasteiger partial charge in [0.1, 0.15) is 5.15 Å². The smallest absolute Gasteiger partial charge is 0.251 e. The number of pyridine rings is 1. The number of rotatable bonds is 5. The van der Waals surface area contributed by atoms with Gasteiger partial charge in [0, 0.05) is 17.8 Å². The largest absolute Gasteiger partial charge is 0.393 e. The topological polar surface area (TPSA) is 62.2 Å². The first-order valence-corrected chi connectivity index (χ1v) is 8.09. The Morgan fingerprint density at radius 3 is 2.76 bits per heavy atom. The van der Waals surface area contributed by atoms with E-state index in [9.17, 15) is 9.90 Å². The first-order chi connectivity index (χ1) is 10.1. The van der Waals surface area contributed by atoms with Crippen molar-refractivity contribution >= 4 is 17.5 Å². The van der Waals surface area contributed by atoms with Crippen molar-refractivity contribution in [3.63, 3.8) is 0 Å². The molecule has 1 aliphatic carbocycles. The predicted octanol–water partition coefficient (Wildman–Crippen LogP) is 2.97. The lowest BCUT2D eigenvalue weighted by molar-refractivity contribution is 0.0910. The Morgan fingerprint density at radius 2 is 2.10 bits per heavy atom. The number of aliphatic hydroxyl groups excluding tert-OH is 1. The first-order valence-electron chi connectivity index (χ1n) is 7.71. The van der Waals surface area contributed by atoms with Crippen LogP contribution in [-0.2, 0) is 6.42 Å². The molecule has 1 fully saturated rings. The monoisotopic (exact) mass is 310 g/mol. The zero-order valence-corrected chi connectivity index (χ0v) is 13.2. The lowest BCUT2D eigenvalue weighted by Gasteiger charge is -2.25. The molecular formula is C16H23ClN2O2. The van der Waals surface area contributed by atoms with Crippen molar-refractivity contribution in [2.45, 2.75) is 51.6 Å². The van der Waals surface area contributed by atoms with E-state index in [1.807, 2.05) is 6.07 Å². The van der Waals surface area contributed by atoms with Crippen molar-refractivity contribution in [2.24, 2.45) is 5.92 Å². The Balaban J connectivity index is 1.90. The predicted molar refractivity (Wildman–Crippen MR) is 83.5 cm³/mol. The number of halogens is 1. The molecule has 116 valence electrons. The van der Waals surface area contributed by atoms with Crippen molar-refractivity contribution in [1.82, 2.24) is 10.3 Å². The Kier molecular flexibility index (Phi) is 6.00. The zero-order chi connectivity index (χ0) is 15.2. The van der Waals surface area contributed by atoms with Gasteiger partial charge >= 0.3 is 0 Å². The van der Waals surface area contributed by atoms with Gasteiger partial charge in [-0.05, 0) is 50.2 Å². The summed E-state index contributed by atoms with van der Waals surface area (Å²) < 4.78 is 0. The summed E-state index contributed by atoms with van der Waals surface area (Å²) in [7, 11) is 0. The van der Waals surface area contributed by atoms with E-state index in [0.29, 0.717) is 23.2 Å². The number of aliphatic hydroxyl groups is 1. The van der Waals surface area contributed by atoms with Gasteiger partial charge in [-0.25, -0.2) is 4.98 Å². The quantitative estimate of drug-likeness (QED) is 0.822. The molecule has 2 N–H and O–H groups in total. The van der Waals surface area contributed by atoms with E-state index in [2.05, 4.69) is 17.2 Å². The van der Waals surface area contributed by atoms with Crippen molar-refractivity contribution in [3.8, 4) is 0 Å². The normalized spacial score (nSPS) is 22.0. The van der Waals surface area contributed by atoms with E-state index in [-0.39, 0.29) is 12.0 Å². The number of hydrogen-bond acceptors (Lipinski definition) is 3. The highest BCUT2D eigenvalue weighted by molar-refractivity contribution is 6.29. The third-order valence-electron chi connectivity index (χ3n) is 3.98. The highest BCUT2D eigenvalue weighted by Gasteiger charge is 2.20. The van der Waals surface area contributed by atoms with Crippen LogP contribution in [0.1, 0.15) is 55.1 Å². The maximum absolute atomic E-state index is 12.2. The SMILES string of the molecule is CCCc1cc(C(=O)NCC2CCC(O)CC2)cc(Cl)n1. The molecule has 1 heterocycles. The van der Waals surface area contributed by atoms with Crippen molar-refractivity contribution in [2.75, 3.05) is 6.54 Å². The summed E-state index contributed by atoms with van der Waals surface area (Å²) >= 11 is 5.98. The molecule has 21 heavy (non-hydrogen) atoms. The van der Waals surface area contributed by atoms with E-state index in [0.717, 1.165) is 44.2 Å². The minimum Gasteiger partial charge on any atom is -0.393 e. The molecule has 1 aromatic heterocycles. The van der Waals surface area contributed by atoms with Gasteiger partial charge in [0.05, 0.1) is 6.10 Å². The van der Waals surface area contributed by atoms with Crippen LogP contribution >= 0.6 is 11.6 Å². The van der Waals surface area contributed by atoms with Crippen LogP contribution in [0.25, 0.3) is 0 Å². The van der Waals surface area contributed by atoms with E-state index >= 15 is 0 Å². The molecule has 2 rings (SSSR count). The van der Waals surface area contributed by atoms with Crippen LogP contribution in [0.5, 0.6) is 0 Å². The van der Waals surface area contributed by atoms with Crippen molar-refractivity contribution < 1.29 is 9.90 Å². The van der Waals surface area contributed by atoms with E-state index in [1.54, 1.807) is 6.07 Å². The van der Waals surface area contributed by atoms with Gasteiger partial charge in [0.2, 0.25) is 0 Å². The highest BCUT2D eigenvalue weighted by Crippen LogP contribution is 2.23. The molecular weight excluding hydrogens is 288 g/mol. The van der Waals surface area contributed by atoms with Gasteiger partial charge in [-0.1, -0.05) is 24.9 Å². The zero-order valence-electron chi connectivity index (χ0n) is 12.4. The van der Waals surface area contributed by atoms with Gasteiger partial charge in [-0.2, -0.15) is 0 Å². The van der Waals surface area contributed by atoms with Gasteiger partial charge < -0.3 is 10.4 Å². The van der Waals surface area contributed by atoms with Crippen LogP contribution < -0.4 is 5.32 Å². The summed E-state index contributed by atoms with van der Waals surface area (Å²) in [5.41, 5.74) is 1.44. The Morgan fingerprint density at radius 1 is 1.38 bits per heavy atom. The second kappa shape index (κ2) is 7.76. The molecule has 0 saturated heterocycles. The summed E-state index contributed by atoms with van der Waals surface area (Å²) in [4.78, 5) is 16.4. The number of hydrogen-bond donors (Lipinski definition) is 2. The molecule has 1 aromatic rings. The molecule has 4 nitrogen and oxygen atoms in total. The van der Waals surface area contributed by atoms with E-state index in [1.165, 1.54) is 0 Å². The highest BCUT2D eigenvalue weighted by atomic mass is 35.5. The molecule has 0 spiro atoms. The molecule has 0 bridgehead atoms. The molecule has 1 aliphatic rings. The van der Waals surface area contributed by atoms with Crippen LogP contribution in [0, 0.1) is 5.92 Å². The Hall–Kier alpha value is -1.13. The minimum atomic E-state index is -0.160. The fourth-order valence-corrected chi connectivity index (χ4v) is 2.98. The summed E-state index contributed by atoms with van der Waals surface area (Å²) in [6, 6.07) is 3.43. The summed E-state index contributed by atoms with van der Waals surface area (Å²) in [6.45, 7) is 2.73. The number of aromatic nitrogens is 1. The van der Waals surface area contributed by atoms with Gasteiger partial charge in [-0.3, -0.25) is 4.79 Å². The number of aryl methyl sites for hydroxylation is 1. The number of nitrogens with one attached hydrogen (secondary N) is 1. The maximum Gasteiger partial charge on any atom is 0.251 e. The van der Waals surface area contributed by atoms with Gasteiger partial charge in [0.15, 0.2) is 0 Å². The second-order valence-corrected chi connectivity index (χ2v) is 6.19. The average Bonchev–Trinajstić information content (AvgIpc) is 2.46. The lowest BCUT2D eigenvalue weighted by Crippen LogP contribution is -2.32. The fraction of sp³-hybridized carbons (Fsp3) is 0.625. The Bertz CT molecular complexity index is 485. The molecule has 0 atom stereocenters. The molecule has 0 radical (unpaired) electrons. The summed E-state index contributed by atoms with van der Waals surface area (Å²) in [6.07, 6.45) is 5.25. The molecule has 1 amide bonds. The third-order valence-corrected chi connectivity index (χ3v) is 4.18.